The van der Waals surface area contributed by atoms with Crippen molar-refractivity contribution < 1.29 is 139 Å². The number of terminal acetylenes is 1. The van der Waals surface area contributed by atoms with Crippen molar-refractivity contribution in [1.82, 2.24) is 85.1 Å². The summed E-state index contributed by atoms with van der Waals surface area (Å²) in [5, 5.41) is 75.3. The SMILES string of the molecule is C#CCC(=O)O.COC(=O)c1cc(-n2cc(-c3cc4cc(F)ccc4[nH]c3=O)nn2)cs1.COC(=O)c1cc(-n2cc(CC(=O)O)nn2)cs1.COC(=O)c1cc(N)cs1.COC(=O)c1cc(N=[N+]=[N-])cs1.CO[C@H]1CCN(C(=O)c2cc(-n3cc(-c4cc5cc(F)ccc5[nH]c4=O)nn3)cs2)C1.CO[C@H]1CCNC1.Nc1ccc(F)cc1C=O.O=C(O)c1cc(-n2cc(-c3cc4cc(F)ccc4[nH]c3=O)nn2)cs1.[Na+].[OH-]. The predicted octanol–water partition coefficient (Wildman–Crippen LogP) is 10.7. The number of nitrogens with zero attached hydrogens (tertiary/aromatic N) is 16. The van der Waals surface area contributed by atoms with E-state index in [2.05, 4.69) is 96.9 Å². The van der Waals surface area contributed by atoms with E-state index in [1.54, 1.807) is 101 Å². The van der Waals surface area contributed by atoms with Crippen LogP contribution in [0.1, 0.15) is 93.3 Å². The van der Waals surface area contributed by atoms with Gasteiger partial charge >= 0.3 is 71.3 Å². The molecule has 4 aromatic carbocycles. The Kier molecular flexibility index (Phi) is 42.8. The van der Waals surface area contributed by atoms with Crippen LogP contribution in [-0.2, 0) is 44.4 Å². The van der Waals surface area contributed by atoms with E-state index in [0.717, 1.165) is 36.9 Å². The van der Waals surface area contributed by atoms with Crippen LogP contribution in [0.4, 0.5) is 34.6 Å². The Morgan fingerprint density at radius 2 is 0.905 bits per heavy atom. The maximum Gasteiger partial charge on any atom is 1.00 e. The first-order valence-electron chi connectivity index (χ1n) is 41.6. The number of benzene rings is 4. The number of ether oxygens (including phenoxy) is 6. The molecule has 2 fully saturated rings. The van der Waals surface area contributed by atoms with Crippen LogP contribution >= 0.6 is 68.0 Å². The minimum atomic E-state index is -1.02. The number of aldehydes is 1. The Bertz CT molecular complexity index is 7840. The number of pyridine rings is 3. The molecular formula is C92H81F4N22NaO22S6. The summed E-state index contributed by atoms with van der Waals surface area (Å²) in [6, 6.07) is 30.3. The number of methoxy groups -OCH3 is 6. The Balaban J connectivity index is 0.000000192. The van der Waals surface area contributed by atoms with Crippen molar-refractivity contribution in [3.05, 3.63) is 290 Å². The molecule has 0 saturated carbocycles. The standard InChI is InChI=1S/C21H18FN5O3S.C17H11FN4O3S.C16H9FN4O3S.C10H9N3O4S.C7H6FNO.C6H5N3O2S.C6H7NO2S.C5H11NO.C4H4O2.Na.H2O/c1-30-15-4-5-26(9-15)21(29)19-8-14(11-31-19)27-10-18(24-25-27)16-7-12-6-13(22)2-3-17(12)23-20(16)28;1-25-17(24)15-6-11(8-26-15)22-7-14(20-21-22)12-5-9-4-10(18)2-3-13(9)19-16(12)23;17-9-1-2-12-8(3-9)4-11(15(22)18-12)13-6-21(20-19-13)10-5-14(16(23)24)25-7-10;1-17-10(16)8-3-7(5-18-8)13-4-6(11-12-13)2-9(14)15;8-6-1-2-7(9)5(3-6)4-10;1-11-6(10)5-2-4(3-12-5)8-9-7;1-9-6(8)5-2-4(7)3-10-5;1-7-5-2-3-6-4-5;1-2-3-4(5)6;;/h2-3,6-8,10-11,15H,4-5,9H2,1H3,(H,23,28);2-8H,1H3,(H,19,23);1-7H,(H,18,22)(H,23,24);3-5H,2H2,1H3,(H,14,15);1-4H,9H2;2-3H,1H3;2-3H,7H2,1H3;5-6H,2-4H2,1H3;1H,3H2,(H,5,6);;1H2/q;;;;;;;;;+1;/p-1/t15-;;;;;;;5-;;;/m0......0.../s1. The number of esters is 4. The van der Waals surface area contributed by atoms with Gasteiger partial charge in [0, 0.05) is 126 Å². The smallest absolute Gasteiger partial charge is 0.870 e. The third-order valence-corrected chi connectivity index (χ3v) is 25.3. The van der Waals surface area contributed by atoms with Gasteiger partial charge in [-0.1, -0.05) is 31.9 Å². The molecule has 756 valence electrons. The predicted molar refractivity (Wildman–Crippen MR) is 532 cm³/mol. The van der Waals surface area contributed by atoms with E-state index in [1.807, 2.05) is 11.3 Å². The second kappa shape index (κ2) is 55.0. The van der Waals surface area contributed by atoms with Gasteiger partial charge in [0.25, 0.3) is 22.6 Å². The first-order chi connectivity index (χ1) is 69.6. The van der Waals surface area contributed by atoms with Crippen LogP contribution in [0.3, 0.4) is 0 Å². The summed E-state index contributed by atoms with van der Waals surface area (Å²) in [6.45, 7) is 3.42. The number of rotatable bonds is 20. The average molecular weight is 2140 g/mol. The number of H-pyrrole nitrogens is 3. The summed E-state index contributed by atoms with van der Waals surface area (Å²) in [5.74, 6) is -4.26. The number of halogens is 4. The number of carboxylic acid groups (broad SMARTS) is 3. The number of carbonyl (C=O) groups is 9. The van der Waals surface area contributed by atoms with Crippen molar-refractivity contribution in [2.75, 3.05) is 80.3 Å². The van der Waals surface area contributed by atoms with E-state index in [-0.39, 0.29) is 110 Å². The molecule has 44 nitrogen and oxygen atoms in total. The number of likely N-dealkylation sites (tertiary alicyclic amines) is 1. The molecule has 19 rings (SSSR count). The molecule has 0 aliphatic carbocycles. The number of azide groups is 1. The molecule has 0 radical (unpaired) electrons. The summed E-state index contributed by atoms with van der Waals surface area (Å²) >= 11 is 7.30. The Morgan fingerprint density at radius 3 is 1.27 bits per heavy atom. The number of fused-ring (bicyclic) bond motifs is 3. The molecule has 12 N–H and O–H groups in total. The maximum absolute atomic E-state index is 13.6. The van der Waals surface area contributed by atoms with Crippen LogP contribution < -0.4 is 63.0 Å². The third kappa shape index (κ3) is 31.9. The largest absolute Gasteiger partial charge is 1.00 e. The van der Waals surface area contributed by atoms with Gasteiger partial charge in [0.1, 0.15) is 71.2 Å². The number of nitrogens with one attached hydrogen (secondary N) is 4. The molecule has 147 heavy (non-hydrogen) atoms. The maximum atomic E-state index is 13.6. The van der Waals surface area contributed by atoms with Crippen molar-refractivity contribution in [2.24, 2.45) is 5.11 Å². The molecule has 1 amide bonds. The molecule has 2 aliphatic rings. The van der Waals surface area contributed by atoms with Crippen molar-refractivity contribution in [1.29, 1.82) is 0 Å². The molecule has 2 aliphatic heterocycles. The number of aromatic amines is 3. The van der Waals surface area contributed by atoms with Crippen molar-refractivity contribution in [3.8, 4) is 68.9 Å². The summed E-state index contributed by atoms with van der Waals surface area (Å²) < 4.78 is 87.0. The molecule has 0 unspecified atom stereocenters. The molecule has 55 heteroatoms. The van der Waals surface area contributed by atoms with Gasteiger partial charge in [-0.25, -0.2) is 60.3 Å². The second-order valence-electron chi connectivity index (χ2n) is 29.6. The first kappa shape index (κ1) is 114. The minimum absolute atomic E-state index is 0. The Hall–Kier alpha value is -16.3. The van der Waals surface area contributed by atoms with Crippen molar-refractivity contribution in [3.63, 3.8) is 0 Å². The van der Waals surface area contributed by atoms with Gasteiger partial charge in [0.15, 0.2) is 6.29 Å². The number of thiophene rings is 6. The molecule has 17 aromatic rings. The van der Waals surface area contributed by atoms with Crippen LogP contribution in [0.15, 0.2) is 204 Å². The first-order valence-corrected chi connectivity index (χ1v) is 46.9. The zero-order valence-electron chi connectivity index (χ0n) is 77.8. The molecule has 2 saturated heterocycles. The number of aromatic nitrogens is 15. The number of carboxylic acids is 3. The van der Waals surface area contributed by atoms with Crippen LogP contribution in [0.5, 0.6) is 0 Å². The van der Waals surface area contributed by atoms with Crippen LogP contribution in [0.25, 0.3) is 99.7 Å². The fraction of sp³-hybridized carbons (Fsp3) is 0.174. The normalized spacial score (nSPS) is 12.3. The number of aromatic carboxylic acids is 1. The van der Waals surface area contributed by atoms with Crippen molar-refractivity contribution in [2.45, 2.75) is 37.9 Å². The van der Waals surface area contributed by atoms with E-state index < -0.39 is 53.3 Å². The summed E-state index contributed by atoms with van der Waals surface area (Å²) in [7, 11) is 8.68. The third-order valence-electron chi connectivity index (χ3n) is 19.9. The number of aliphatic carboxylic acids is 2. The summed E-state index contributed by atoms with van der Waals surface area (Å²) in [4.78, 5) is 150. The fourth-order valence-corrected chi connectivity index (χ4v) is 17.3. The zero-order valence-corrected chi connectivity index (χ0v) is 84.7. The average Bonchev–Trinajstić information content (AvgIpc) is 1.72. The van der Waals surface area contributed by atoms with Crippen LogP contribution in [0.2, 0.25) is 0 Å². The molecule has 13 aromatic heterocycles. The molecule has 0 bridgehead atoms. The van der Waals surface area contributed by atoms with Crippen LogP contribution in [0, 0.1) is 35.6 Å². The number of amides is 1. The van der Waals surface area contributed by atoms with E-state index in [4.69, 9.17) is 41.8 Å². The summed E-state index contributed by atoms with van der Waals surface area (Å²) in [6.07, 6.45) is 13.5. The number of hydrogen-bond donors (Lipinski definition) is 9. The minimum Gasteiger partial charge on any atom is -0.870 e. The quantitative estimate of drug-likeness (QED) is 0.00327. The Labute approximate surface area is 871 Å². The van der Waals surface area contributed by atoms with E-state index in [1.165, 1.54) is 202 Å². The second-order valence-corrected chi connectivity index (χ2v) is 35.0. The van der Waals surface area contributed by atoms with Gasteiger partial charge in [-0.2, -0.15) is 0 Å². The number of hydrogen-bond acceptors (Lipinski definition) is 37. The summed E-state index contributed by atoms with van der Waals surface area (Å²) in [5.41, 5.74) is 25.5. The molecule has 2 atom stereocenters. The topological polar surface area (TPSA) is 637 Å². The van der Waals surface area contributed by atoms with Gasteiger partial charge in [-0.3, -0.25) is 33.6 Å². The number of anilines is 2. The van der Waals surface area contributed by atoms with Crippen molar-refractivity contribution >= 4 is 172 Å². The van der Waals surface area contributed by atoms with Gasteiger partial charge in [0.2, 0.25) is 0 Å². The van der Waals surface area contributed by atoms with Gasteiger partial charge in [-0.15, -0.1) is 94.8 Å². The number of nitrogen functional groups attached to an aromatic ring is 2. The van der Waals surface area contributed by atoms with Gasteiger partial charge < -0.3 is 85.9 Å². The van der Waals surface area contributed by atoms with Gasteiger partial charge in [0.05, 0.1) is 122 Å². The molecule has 15 heterocycles. The fourth-order valence-electron chi connectivity index (χ4n) is 12.8. The van der Waals surface area contributed by atoms with E-state index >= 15 is 0 Å². The molecule has 0 spiro atoms. The zero-order chi connectivity index (χ0) is 105. The number of carbonyl (C=O) groups excluding carboxylic acids is 6. The number of nitrogens with two attached hydrogens (primary N) is 2. The Morgan fingerprint density at radius 1 is 0.510 bits per heavy atom. The van der Waals surface area contributed by atoms with Gasteiger partial charge in [-0.05, 0) is 152 Å². The monoisotopic (exact) mass is 2140 g/mol. The molecular weight excluding hydrogens is 2060 g/mol. The van der Waals surface area contributed by atoms with E-state index in [0.29, 0.717) is 151 Å². The van der Waals surface area contributed by atoms with Crippen LogP contribution in [-0.4, -0.2) is 236 Å². The van der Waals surface area contributed by atoms with E-state index in [9.17, 15) is 75.1 Å².